The van der Waals surface area contributed by atoms with Gasteiger partial charge in [0.2, 0.25) is 0 Å². The highest BCUT2D eigenvalue weighted by Gasteiger charge is 2.17. The molecule has 3 heterocycles. The number of H-pyrrole nitrogens is 1. The summed E-state index contributed by atoms with van der Waals surface area (Å²) < 4.78 is 27.7. The molecule has 4 rings (SSSR count). The summed E-state index contributed by atoms with van der Waals surface area (Å²) in [7, 11) is 0. The van der Waals surface area contributed by atoms with Crippen LogP contribution in [-0.2, 0) is 19.5 Å². The number of nitrogens with one attached hydrogen (secondary N) is 1. The fourth-order valence-corrected chi connectivity index (χ4v) is 3.35. The third-order valence-electron chi connectivity index (χ3n) is 4.49. The highest BCUT2D eigenvalue weighted by Crippen LogP contribution is 2.23. The SMILES string of the molecule is Fc1ccc(F)c(-c2ccc(CN3CCc4[nH]c(=S)ncc4C3)cn2)c1. The summed E-state index contributed by atoms with van der Waals surface area (Å²) in [5, 5.41) is 0. The lowest BCUT2D eigenvalue weighted by Gasteiger charge is -2.28. The minimum Gasteiger partial charge on any atom is -0.334 e. The largest absolute Gasteiger partial charge is 0.334 e. The maximum Gasteiger partial charge on any atom is 0.196 e. The van der Waals surface area contributed by atoms with Crippen LogP contribution in [0.1, 0.15) is 16.8 Å². The molecular formula is C19H16F2N4S. The first kappa shape index (κ1) is 16.9. The molecule has 1 aliphatic rings. The number of hydrogen-bond donors (Lipinski definition) is 1. The van der Waals surface area contributed by atoms with Gasteiger partial charge in [0.15, 0.2) is 4.77 Å². The second-order valence-corrected chi connectivity index (χ2v) is 6.72. The molecular weight excluding hydrogens is 354 g/mol. The normalized spacial score (nSPS) is 14.2. The lowest BCUT2D eigenvalue weighted by molar-refractivity contribution is 0.242. The average molecular weight is 370 g/mol. The second-order valence-electron chi connectivity index (χ2n) is 6.33. The Balaban J connectivity index is 1.49. The van der Waals surface area contributed by atoms with Crippen LogP contribution in [-0.4, -0.2) is 26.4 Å². The van der Waals surface area contributed by atoms with E-state index < -0.39 is 11.6 Å². The van der Waals surface area contributed by atoms with Crippen LogP contribution in [0, 0.1) is 16.4 Å². The molecule has 0 amide bonds. The van der Waals surface area contributed by atoms with Gasteiger partial charge in [0, 0.05) is 55.3 Å². The van der Waals surface area contributed by atoms with Crippen molar-refractivity contribution >= 4 is 12.2 Å². The first-order valence-electron chi connectivity index (χ1n) is 8.28. The monoisotopic (exact) mass is 370 g/mol. The first-order chi connectivity index (χ1) is 12.6. The van der Waals surface area contributed by atoms with Gasteiger partial charge in [-0.2, -0.15) is 0 Å². The van der Waals surface area contributed by atoms with E-state index in [-0.39, 0.29) is 5.56 Å². The van der Waals surface area contributed by atoms with E-state index in [0.29, 0.717) is 10.5 Å². The van der Waals surface area contributed by atoms with Crippen molar-refractivity contribution in [2.45, 2.75) is 19.5 Å². The van der Waals surface area contributed by atoms with Gasteiger partial charge in [-0.15, -0.1) is 0 Å². The van der Waals surface area contributed by atoms with Crippen molar-refractivity contribution in [2.75, 3.05) is 6.54 Å². The Kier molecular flexibility index (Phi) is 4.57. The lowest BCUT2D eigenvalue weighted by Crippen LogP contribution is -2.30. The number of aromatic amines is 1. The smallest absolute Gasteiger partial charge is 0.196 e. The van der Waals surface area contributed by atoms with Gasteiger partial charge in [0.1, 0.15) is 11.6 Å². The van der Waals surface area contributed by atoms with Crippen molar-refractivity contribution in [3.8, 4) is 11.3 Å². The van der Waals surface area contributed by atoms with Crippen molar-refractivity contribution in [1.82, 2.24) is 19.9 Å². The van der Waals surface area contributed by atoms with E-state index in [4.69, 9.17) is 12.2 Å². The number of pyridine rings is 1. The number of hydrogen-bond acceptors (Lipinski definition) is 4. The molecule has 0 bridgehead atoms. The Morgan fingerprint density at radius 1 is 1.12 bits per heavy atom. The van der Waals surface area contributed by atoms with Crippen molar-refractivity contribution < 1.29 is 8.78 Å². The van der Waals surface area contributed by atoms with Gasteiger partial charge in [-0.3, -0.25) is 9.88 Å². The first-order valence-corrected chi connectivity index (χ1v) is 8.69. The molecule has 7 heteroatoms. The number of aromatic nitrogens is 3. The van der Waals surface area contributed by atoms with Crippen LogP contribution in [0.2, 0.25) is 0 Å². The standard InChI is InChI=1S/C19H16F2N4S/c20-14-2-3-16(21)15(7-14)18-4-1-12(8-22-18)10-25-6-5-17-13(11-25)9-23-19(26)24-17/h1-4,7-9H,5-6,10-11H2,(H,23,24,26). The maximum atomic E-state index is 13.9. The summed E-state index contributed by atoms with van der Waals surface area (Å²) in [6, 6.07) is 7.01. The molecule has 0 saturated carbocycles. The molecule has 0 fully saturated rings. The van der Waals surface area contributed by atoms with Crippen molar-refractivity contribution in [2.24, 2.45) is 0 Å². The molecule has 132 valence electrons. The maximum absolute atomic E-state index is 13.9. The number of fused-ring (bicyclic) bond motifs is 1. The molecule has 3 aromatic rings. The fraction of sp³-hybridized carbons (Fsp3) is 0.211. The topological polar surface area (TPSA) is 44.8 Å². The Morgan fingerprint density at radius 2 is 2.00 bits per heavy atom. The predicted molar refractivity (Wildman–Crippen MR) is 96.8 cm³/mol. The molecule has 2 aromatic heterocycles. The van der Waals surface area contributed by atoms with Gasteiger partial charge in [-0.05, 0) is 42.0 Å². The molecule has 0 aliphatic carbocycles. The fourth-order valence-electron chi connectivity index (χ4n) is 3.17. The molecule has 0 radical (unpaired) electrons. The lowest BCUT2D eigenvalue weighted by atomic mass is 10.1. The molecule has 1 aromatic carbocycles. The molecule has 0 spiro atoms. The van der Waals surface area contributed by atoms with Gasteiger partial charge in [0.25, 0.3) is 0 Å². The van der Waals surface area contributed by atoms with E-state index in [9.17, 15) is 8.78 Å². The van der Waals surface area contributed by atoms with Crippen molar-refractivity contribution in [3.05, 3.63) is 76.0 Å². The Hall–Kier alpha value is -2.51. The van der Waals surface area contributed by atoms with Crippen molar-refractivity contribution in [1.29, 1.82) is 0 Å². The highest BCUT2D eigenvalue weighted by molar-refractivity contribution is 7.71. The Labute approximate surface area is 154 Å². The molecule has 4 nitrogen and oxygen atoms in total. The van der Waals surface area contributed by atoms with Crippen LogP contribution in [0.15, 0.2) is 42.7 Å². The zero-order chi connectivity index (χ0) is 18.1. The molecule has 26 heavy (non-hydrogen) atoms. The minimum absolute atomic E-state index is 0.171. The Bertz CT molecular complexity index is 1000. The molecule has 1 aliphatic heterocycles. The number of nitrogens with zero attached hydrogens (tertiary/aromatic N) is 3. The molecule has 0 saturated heterocycles. The summed E-state index contributed by atoms with van der Waals surface area (Å²) in [6.07, 6.45) is 4.43. The summed E-state index contributed by atoms with van der Waals surface area (Å²) in [5.74, 6) is -0.962. The number of benzene rings is 1. The van der Waals surface area contributed by atoms with Crippen LogP contribution < -0.4 is 0 Å². The van der Waals surface area contributed by atoms with Crippen LogP contribution in [0.3, 0.4) is 0 Å². The molecule has 0 atom stereocenters. The second kappa shape index (κ2) is 7.01. The minimum atomic E-state index is -0.482. The summed E-state index contributed by atoms with van der Waals surface area (Å²) in [4.78, 5) is 13.9. The van der Waals surface area contributed by atoms with Crippen LogP contribution in [0.25, 0.3) is 11.3 Å². The van der Waals surface area contributed by atoms with Crippen LogP contribution in [0.4, 0.5) is 8.78 Å². The van der Waals surface area contributed by atoms with E-state index in [1.54, 1.807) is 12.3 Å². The predicted octanol–water partition coefficient (Wildman–Crippen LogP) is 4.04. The molecule has 1 N–H and O–H groups in total. The van der Waals surface area contributed by atoms with Crippen LogP contribution in [0.5, 0.6) is 0 Å². The molecule has 0 unspecified atom stereocenters. The highest BCUT2D eigenvalue weighted by atomic mass is 32.1. The summed E-state index contributed by atoms with van der Waals surface area (Å²) in [5.41, 5.74) is 3.91. The summed E-state index contributed by atoms with van der Waals surface area (Å²) >= 11 is 5.06. The van der Waals surface area contributed by atoms with E-state index >= 15 is 0 Å². The summed E-state index contributed by atoms with van der Waals surface area (Å²) in [6.45, 7) is 2.42. The van der Waals surface area contributed by atoms with Crippen LogP contribution >= 0.6 is 12.2 Å². The number of rotatable bonds is 3. The van der Waals surface area contributed by atoms with E-state index in [1.807, 2.05) is 12.3 Å². The third kappa shape index (κ3) is 3.54. The third-order valence-corrected chi connectivity index (χ3v) is 4.70. The van der Waals surface area contributed by atoms with Gasteiger partial charge in [-0.25, -0.2) is 13.8 Å². The van der Waals surface area contributed by atoms with E-state index in [0.717, 1.165) is 61.1 Å². The zero-order valence-corrected chi connectivity index (χ0v) is 14.7. The number of halogens is 2. The van der Waals surface area contributed by atoms with E-state index in [1.165, 1.54) is 0 Å². The van der Waals surface area contributed by atoms with Gasteiger partial charge < -0.3 is 4.98 Å². The van der Waals surface area contributed by atoms with Crippen molar-refractivity contribution in [3.63, 3.8) is 0 Å². The Morgan fingerprint density at radius 3 is 2.81 bits per heavy atom. The van der Waals surface area contributed by atoms with E-state index in [2.05, 4.69) is 19.9 Å². The average Bonchev–Trinajstić information content (AvgIpc) is 2.65. The quantitative estimate of drug-likeness (QED) is 0.707. The zero-order valence-electron chi connectivity index (χ0n) is 13.9. The van der Waals surface area contributed by atoms with Gasteiger partial charge >= 0.3 is 0 Å². The van der Waals surface area contributed by atoms with Gasteiger partial charge in [0.05, 0.1) is 5.69 Å². The van der Waals surface area contributed by atoms with Gasteiger partial charge in [-0.1, -0.05) is 6.07 Å².